The first kappa shape index (κ1) is 10.3. The molecule has 0 unspecified atom stereocenters. The van der Waals surface area contributed by atoms with Crippen LogP contribution in [0.25, 0.3) is 0 Å². The van der Waals surface area contributed by atoms with Crippen LogP contribution in [-0.2, 0) is 6.42 Å². The van der Waals surface area contributed by atoms with E-state index in [1.165, 1.54) is 6.07 Å². The van der Waals surface area contributed by atoms with E-state index >= 15 is 0 Å². The van der Waals surface area contributed by atoms with Gasteiger partial charge in [-0.25, -0.2) is 4.39 Å². The average molecular weight is 250 g/mol. The Labute approximate surface area is 83.1 Å². The van der Waals surface area contributed by atoms with E-state index in [0.29, 0.717) is 10.9 Å². The van der Waals surface area contributed by atoms with Crippen LogP contribution in [0.15, 0.2) is 10.5 Å². The van der Waals surface area contributed by atoms with Crippen molar-refractivity contribution in [3.05, 3.63) is 21.9 Å². The van der Waals surface area contributed by atoms with E-state index in [2.05, 4.69) is 15.9 Å². The van der Waals surface area contributed by atoms with Gasteiger partial charge in [0.15, 0.2) is 17.3 Å². The number of halogens is 2. The van der Waals surface area contributed by atoms with Gasteiger partial charge < -0.3 is 15.9 Å². The smallest absolute Gasteiger partial charge is 0.194 e. The number of phenolic OH excluding ortho intramolecular Hbond substituents is 2. The molecule has 0 fully saturated rings. The van der Waals surface area contributed by atoms with Crippen LogP contribution in [0.3, 0.4) is 0 Å². The molecule has 0 aliphatic rings. The first-order valence-corrected chi connectivity index (χ1v) is 4.46. The maximum Gasteiger partial charge on any atom is 0.194 e. The Morgan fingerprint density at radius 1 is 1.46 bits per heavy atom. The molecule has 0 saturated carbocycles. The van der Waals surface area contributed by atoms with E-state index in [9.17, 15) is 4.39 Å². The zero-order valence-corrected chi connectivity index (χ0v) is 8.31. The van der Waals surface area contributed by atoms with Crippen molar-refractivity contribution >= 4 is 15.9 Å². The van der Waals surface area contributed by atoms with Crippen molar-refractivity contribution < 1.29 is 14.6 Å². The summed E-state index contributed by atoms with van der Waals surface area (Å²) in [5, 5.41) is 18.1. The lowest BCUT2D eigenvalue weighted by Crippen LogP contribution is -2.05. The SMILES string of the molecule is NCCc1c(Br)cc(O)c(O)c1F. The fraction of sp³-hybridized carbons (Fsp3) is 0.250. The Kier molecular flexibility index (Phi) is 3.11. The van der Waals surface area contributed by atoms with Gasteiger partial charge in [0.25, 0.3) is 0 Å². The normalized spacial score (nSPS) is 10.4. The van der Waals surface area contributed by atoms with Crippen molar-refractivity contribution in [3.63, 3.8) is 0 Å². The molecule has 0 radical (unpaired) electrons. The molecular formula is C8H9BrFNO2. The second-order valence-corrected chi connectivity index (χ2v) is 3.41. The fourth-order valence-corrected chi connectivity index (χ4v) is 1.60. The summed E-state index contributed by atoms with van der Waals surface area (Å²) < 4.78 is 13.6. The third-order valence-electron chi connectivity index (χ3n) is 1.66. The maximum absolute atomic E-state index is 13.2. The van der Waals surface area contributed by atoms with Gasteiger partial charge in [0.1, 0.15) is 0 Å². The number of benzene rings is 1. The summed E-state index contributed by atoms with van der Waals surface area (Å²) >= 11 is 3.07. The molecule has 13 heavy (non-hydrogen) atoms. The van der Waals surface area contributed by atoms with Crippen molar-refractivity contribution in [2.45, 2.75) is 6.42 Å². The molecule has 1 aromatic carbocycles. The molecule has 1 rings (SSSR count). The summed E-state index contributed by atoms with van der Waals surface area (Å²) in [6, 6.07) is 1.24. The van der Waals surface area contributed by atoms with E-state index < -0.39 is 17.3 Å². The van der Waals surface area contributed by atoms with Gasteiger partial charge in [-0.3, -0.25) is 0 Å². The van der Waals surface area contributed by atoms with Crippen LogP contribution in [0, 0.1) is 5.82 Å². The molecule has 0 heterocycles. The summed E-state index contributed by atoms with van der Waals surface area (Å²) in [4.78, 5) is 0. The van der Waals surface area contributed by atoms with Gasteiger partial charge in [-0.1, -0.05) is 15.9 Å². The minimum Gasteiger partial charge on any atom is -0.504 e. The maximum atomic E-state index is 13.2. The first-order valence-electron chi connectivity index (χ1n) is 3.66. The Morgan fingerprint density at radius 3 is 2.62 bits per heavy atom. The van der Waals surface area contributed by atoms with Crippen LogP contribution in [0.4, 0.5) is 4.39 Å². The molecule has 0 bridgehead atoms. The van der Waals surface area contributed by atoms with Crippen molar-refractivity contribution in [2.75, 3.05) is 6.54 Å². The van der Waals surface area contributed by atoms with Crippen LogP contribution in [0.5, 0.6) is 11.5 Å². The summed E-state index contributed by atoms with van der Waals surface area (Å²) in [5.41, 5.74) is 5.53. The van der Waals surface area contributed by atoms with E-state index in [1.54, 1.807) is 0 Å². The van der Waals surface area contributed by atoms with Gasteiger partial charge in [0.2, 0.25) is 0 Å². The predicted octanol–water partition coefficient (Wildman–Crippen LogP) is 1.50. The van der Waals surface area contributed by atoms with Gasteiger partial charge >= 0.3 is 0 Å². The lowest BCUT2D eigenvalue weighted by atomic mass is 10.1. The summed E-state index contributed by atoms with van der Waals surface area (Å²) in [7, 11) is 0. The highest BCUT2D eigenvalue weighted by Gasteiger charge is 2.15. The number of hydrogen-bond acceptors (Lipinski definition) is 3. The third kappa shape index (κ3) is 1.92. The zero-order chi connectivity index (χ0) is 10.0. The molecule has 0 saturated heterocycles. The number of hydrogen-bond donors (Lipinski definition) is 3. The highest BCUT2D eigenvalue weighted by atomic mass is 79.9. The molecular weight excluding hydrogens is 241 g/mol. The quantitative estimate of drug-likeness (QED) is 0.697. The highest BCUT2D eigenvalue weighted by molar-refractivity contribution is 9.10. The van der Waals surface area contributed by atoms with Crippen LogP contribution in [0.2, 0.25) is 0 Å². The van der Waals surface area contributed by atoms with E-state index in [-0.39, 0.29) is 12.1 Å². The number of phenols is 2. The van der Waals surface area contributed by atoms with Gasteiger partial charge in [0, 0.05) is 10.0 Å². The van der Waals surface area contributed by atoms with E-state index in [4.69, 9.17) is 15.9 Å². The minimum absolute atomic E-state index is 0.276. The Hall–Kier alpha value is -0.810. The molecule has 5 heteroatoms. The van der Waals surface area contributed by atoms with Gasteiger partial charge in [0.05, 0.1) is 0 Å². The Bertz CT molecular complexity index is 330. The first-order chi connectivity index (χ1) is 6.07. The second kappa shape index (κ2) is 3.93. The van der Waals surface area contributed by atoms with Crippen molar-refractivity contribution in [1.82, 2.24) is 0 Å². The van der Waals surface area contributed by atoms with Crippen LogP contribution >= 0.6 is 15.9 Å². The summed E-state index contributed by atoms with van der Waals surface area (Å²) in [5.74, 6) is -2.03. The molecule has 4 N–H and O–H groups in total. The topological polar surface area (TPSA) is 66.5 Å². The lowest BCUT2D eigenvalue weighted by molar-refractivity contribution is 0.376. The standard InChI is InChI=1S/C8H9BrFNO2/c9-5-3-6(12)8(13)7(10)4(5)1-2-11/h3,12-13H,1-2,11H2. The molecule has 0 aliphatic carbocycles. The lowest BCUT2D eigenvalue weighted by Gasteiger charge is -2.07. The molecule has 0 amide bonds. The molecule has 3 nitrogen and oxygen atoms in total. The number of aromatic hydroxyl groups is 2. The van der Waals surface area contributed by atoms with Crippen LogP contribution < -0.4 is 5.73 Å². The fourth-order valence-electron chi connectivity index (χ4n) is 1.01. The number of rotatable bonds is 2. The Morgan fingerprint density at radius 2 is 2.08 bits per heavy atom. The minimum atomic E-state index is -0.822. The molecule has 0 spiro atoms. The predicted molar refractivity (Wildman–Crippen MR) is 50.2 cm³/mol. The zero-order valence-electron chi connectivity index (χ0n) is 6.72. The summed E-state index contributed by atoms with van der Waals surface area (Å²) in [6.07, 6.45) is 0.306. The highest BCUT2D eigenvalue weighted by Crippen LogP contribution is 2.35. The van der Waals surface area contributed by atoms with Crippen molar-refractivity contribution in [1.29, 1.82) is 0 Å². The van der Waals surface area contributed by atoms with Crippen molar-refractivity contribution in [3.8, 4) is 11.5 Å². The molecule has 72 valence electrons. The van der Waals surface area contributed by atoms with E-state index in [1.807, 2.05) is 0 Å². The molecule has 0 aliphatic heterocycles. The summed E-state index contributed by atoms with van der Waals surface area (Å²) in [6.45, 7) is 0.278. The van der Waals surface area contributed by atoms with Gasteiger partial charge in [-0.2, -0.15) is 0 Å². The molecule has 0 aromatic heterocycles. The van der Waals surface area contributed by atoms with Gasteiger partial charge in [-0.15, -0.1) is 0 Å². The molecule has 0 atom stereocenters. The average Bonchev–Trinajstić information content (AvgIpc) is 2.09. The Balaban J connectivity index is 3.26. The van der Waals surface area contributed by atoms with E-state index in [0.717, 1.165) is 0 Å². The third-order valence-corrected chi connectivity index (χ3v) is 2.37. The number of nitrogens with two attached hydrogens (primary N) is 1. The largest absolute Gasteiger partial charge is 0.504 e. The monoisotopic (exact) mass is 249 g/mol. The van der Waals surface area contributed by atoms with Crippen LogP contribution in [0.1, 0.15) is 5.56 Å². The van der Waals surface area contributed by atoms with Crippen LogP contribution in [-0.4, -0.2) is 16.8 Å². The second-order valence-electron chi connectivity index (χ2n) is 2.56. The van der Waals surface area contributed by atoms with Crippen molar-refractivity contribution in [2.24, 2.45) is 5.73 Å². The molecule has 1 aromatic rings. The van der Waals surface area contributed by atoms with Gasteiger partial charge in [-0.05, 0) is 19.0 Å².